The first-order valence-corrected chi connectivity index (χ1v) is 5.54. The number of rotatable bonds is 0. The summed E-state index contributed by atoms with van der Waals surface area (Å²) < 4.78 is 21.9. The standard InChI is InChI=1S/C6H9ClO2S/c7-6-4-1-2-5(3-4)10(6,8)9/h4-6H,1-3H2/t4-,5-,6+/m0/s1. The summed E-state index contributed by atoms with van der Waals surface area (Å²) in [6.45, 7) is 0. The number of halogens is 1. The summed E-state index contributed by atoms with van der Waals surface area (Å²) in [4.78, 5) is 0. The Bertz CT molecular complexity index is 238. The lowest BCUT2D eigenvalue weighted by Crippen LogP contribution is -2.24. The van der Waals surface area contributed by atoms with E-state index in [4.69, 9.17) is 11.6 Å². The average molecular weight is 181 g/mol. The monoisotopic (exact) mass is 180 g/mol. The van der Waals surface area contributed by atoms with Crippen LogP contribution in [0.15, 0.2) is 0 Å². The Morgan fingerprint density at radius 1 is 1.30 bits per heavy atom. The molecule has 2 fully saturated rings. The lowest BCUT2D eigenvalue weighted by molar-refractivity contribution is 0.555. The van der Waals surface area contributed by atoms with Gasteiger partial charge in [0.25, 0.3) is 0 Å². The fourth-order valence-electron chi connectivity index (χ4n) is 1.96. The predicted molar refractivity (Wildman–Crippen MR) is 39.7 cm³/mol. The quantitative estimate of drug-likeness (QED) is 0.524. The van der Waals surface area contributed by atoms with Crippen molar-refractivity contribution in [3.05, 3.63) is 0 Å². The van der Waals surface area contributed by atoms with E-state index in [-0.39, 0.29) is 11.2 Å². The molecule has 0 radical (unpaired) electrons. The number of hydrogen-bond donors (Lipinski definition) is 0. The summed E-state index contributed by atoms with van der Waals surface area (Å²) in [6, 6.07) is 0. The highest BCUT2D eigenvalue weighted by Gasteiger charge is 2.50. The minimum absolute atomic E-state index is 0.0972. The van der Waals surface area contributed by atoms with Gasteiger partial charge in [-0.2, -0.15) is 0 Å². The number of fused-ring (bicyclic) bond motifs is 2. The molecule has 1 saturated carbocycles. The van der Waals surface area contributed by atoms with Gasteiger partial charge >= 0.3 is 0 Å². The number of hydrogen-bond acceptors (Lipinski definition) is 2. The lowest BCUT2D eigenvalue weighted by Gasteiger charge is -2.14. The van der Waals surface area contributed by atoms with Gasteiger partial charge in [0.2, 0.25) is 0 Å². The zero-order valence-corrected chi connectivity index (χ0v) is 7.03. The van der Waals surface area contributed by atoms with Crippen molar-refractivity contribution in [2.75, 3.05) is 0 Å². The molecule has 2 nitrogen and oxygen atoms in total. The molecule has 10 heavy (non-hydrogen) atoms. The van der Waals surface area contributed by atoms with Gasteiger partial charge in [0.05, 0.1) is 5.25 Å². The van der Waals surface area contributed by atoms with E-state index in [0.29, 0.717) is 0 Å². The van der Waals surface area contributed by atoms with Gasteiger partial charge < -0.3 is 0 Å². The second-order valence-corrected chi connectivity index (χ2v) is 6.22. The van der Waals surface area contributed by atoms with Crippen LogP contribution in [0.4, 0.5) is 0 Å². The molecule has 0 aromatic heterocycles. The van der Waals surface area contributed by atoms with Gasteiger partial charge in [0, 0.05) is 0 Å². The zero-order valence-electron chi connectivity index (χ0n) is 5.46. The molecule has 0 unspecified atom stereocenters. The molecule has 2 aliphatic rings. The summed E-state index contributed by atoms with van der Waals surface area (Å²) >= 11 is 5.71. The van der Waals surface area contributed by atoms with Gasteiger partial charge in [0.15, 0.2) is 9.84 Å². The third kappa shape index (κ3) is 0.678. The van der Waals surface area contributed by atoms with Crippen molar-refractivity contribution in [2.45, 2.75) is 29.2 Å². The molecule has 0 aromatic carbocycles. The van der Waals surface area contributed by atoms with Crippen molar-refractivity contribution in [3.63, 3.8) is 0 Å². The van der Waals surface area contributed by atoms with Gasteiger partial charge in [-0.25, -0.2) is 8.42 Å². The van der Waals surface area contributed by atoms with E-state index in [1.807, 2.05) is 0 Å². The van der Waals surface area contributed by atoms with Crippen LogP contribution in [-0.4, -0.2) is 18.4 Å². The summed E-state index contributed by atoms with van der Waals surface area (Å²) in [5.74, 6) is 0.261. The topological polar surface area (TPSA) is 34.1 Å². The Hall–Kier alpha value is 0.240. The molecule has 58 valence electrons. The van der Waals surface area contributed by atoms with Gasteiger partial charge in [0.1, 0.15) is 4.71 Å². The van der Waals surface area contributed by atoms with Gasteiger partial charge in [-0.1, -0.05) is 0 Å². The van der Waals surface area contributed by atoms with E-state index in [1.54, 1.807) is 0 Å². The highest BCUT2D eigenvalue weighted by atomic mass is 35.5. The van der Waals surface area contributed by atoms with Gasteiger partial charge in [-0.3, -0.25) is 0 Å². The molecule has 1 aliphatic carbocycles. The first-order valence-electron chi connectivity index (χ1n) is 3.49. The SMILES string of the molecule is O=S1(=O)[C@H]2CC[C@@H](C2)[C@@H]1Cl. The summed E-state index contributed by atoms with van der Waals surface area (Å²) in [7, 11) is -2.90. The maximum Gasteiger partial charge on any atom is 0.170 e. The Balaban J connectivity index is 2.43. The molecular formula is C6H9ClO2S. The number of alkyl halides is 1. The molecule has 1 aliphatic heterocycles. The van der Waals surface area contributed by atoms with Crippen LogP contribution >= 0.6 is 11.6 Å². The smallest absolute Gasteiger partial charge is 0.170 e. The van der Waals surface area contributed by atoms with Gasteiger partial charge in [-0.15, -0.1) is 11.6 Å². The van der Waals surface area contributed by atoms with E-state index < -0.39 is 14.5 Å². The maximum atomic E-state index is 11.2. The normalized spacial score (nSPS) is 49.9. The highest BCUT2D eigenvalue weighted by molar-refractivity contribution is 7.94. The predicted octanol–water partition coefficient (Wildman–Crippen LogP) is 1.15. The lowest BCUT2D eigenvalue weighted by atomic mass is 10.1. The van der Waals surface area contributed by atoms with Gasteiger partial charge in [-0.05, 0) is 25.2 Å². The summed E-state index contributed by atoms with van der Waals surface area (Å²) in [6.07, 6.45) is 2.67. The van der Waals surface area contributed by atoms with Crippen LogP contribution in [0, 0.1) is 5.92 Å². The first-order chi connectivity index (χ1) is 4.62. The van der Waals surface area contributed by atoms with E-state index in [1.165, 1.54) is 0 Å². The summed E-state index contributed by atoms with van der Waals surface area (Å²) in [5, 5.41) is -0.0972. The molecule has 0 spiro atoms. The minimum Gasteiger partial charge on any atom is -0.227 e. The number of sulfone groups is 1. The van der Waals surface area contributed by atoms with Crippen molar-refractivity contribution in [1.29, 1.82) is 0 Å². The third-order valence-corrected chi connectivity index (χ3v) is 6.05. The fourth-order valence-corrected chi connectivity index (χ4v) is 4.76. The molecule has 4 heteroatoms. The zero-order chi connectivity index (χ0) is 7.35. The van der Waals surface area contributed by atoms with Crippen molar-refractivity contribution >= 4 is 21.4 Å². The van der Waals surface area contributed by atoms with Crippen molar-refractivity contribution in [2.24, 2.45) is 5.92 Å². The third-order valence-electron chi connectivity index (χ3n) is 2.57. The molecule has 0 amide bonds. The Labute approximate surface area is 65.5 Å². The van der Waals surface area contributed by atoms with E-state index in [9.17, 15) is 8.42 Å². The Kier molecular flexibility index (Phi) is 1.30. The van der Waals surface area contributed by atoms with E-state index in [0.717, 1.165) is 19.3 Å². The van der Waals surface area contributed by atoms with Crippen LogP contribution in [0.25, 0.3) is 0 Å². The second-order valence-electron chi connectivity index (χ2n) is 3.14. The van der Waals surface area contributed by atoms with Crippen molar-refractivity contribution < 1.29 is 8.42 Å². The molecule has 1 saturated heterocycles. The minimum atomic E-state index is -2.90. The highest BCUT2D eigenvalue weighted by Crippen LogP contribution is 2.46. The van der Waals surface area contributed by atoms with Crippen LogP contribution in [0.5, 0.6) is 0 Å². The molecule has 2 bridgehead atoms. The van der Waals surface area contributed by atoms with Crippen LogP contribution in [0.2, 0.25) is 0 Å². The maximum absolute atomic E-state index is 11.2. The van der Waals surface area contributed by atoms with Crippen molar-refractivity contribution in [1.82, 2.24) is 0 Å². The van der Waals surface area contributed by atoms with Crippen LogP contribution in [0.1, 0.15) is 19.3 Å². The van der Waals surface area contributed by atoms with Crippen LogP contribution < -0.4 is 0 Å². The van der Waals surface area contributed by atoms with E-state index in [2.05, 4.69) is 0 Å². The molecule has 2 rings (SSSR count). The van der Waals surface area contributed by atoms with Crippen LogP contribution in [-0.2, 0) is 9.84 Å². The molecular weight excluding hydrogens is 172 g/mol. The largest absolute Gasteiger partial charge is 0.227 e. The molecule has 3 atom stereocenters. The fraction of sp³-hybridized carbons (Fsp3) is 1.00. The molecule has 1 heterocycles. The summed E-state index contributed by atoms with van der Waals surface area (Å²) in [5.41, 5.74) is 0. The average Bonchev–Trinajstić information content (AvgIpc) is 2.37. The van der Waals surface area contributed by atoms with E-state index >= 15 is 0 Å². The second kappa shape index (κ2) is 1.89. The molecule has 0 N–H and O–H groups in total. The van der Waals surface area contributed by atoms with Crippen molar-refractivity contribution in [3.8, 4) is 0 Å². The Morgan fingerprint density at radius 2 is 2.00 bits per heavy atom. The Morgan fingerprint density at radius 3 is 2.30 bits per heavy atom. The first kappa shape index (κ1) is 6.92. The van der Waals surface area contributed by atoms with Crippen LogP contribution in [0.3, 0.4) is 0 Å². The molecule has 0 aromatic rings.